The van der Waals surface area contributed by atoms with Gasteiger partial charge >= 0.3 is 21.7 Å². The molecule has 0 radical (unpaired) electrons. The Labute approximate surface area is 157 Å². The van der Waals surface area contributed by atoms with Crippen LogP contribution in [0.5, 0.6) is 0 Å². The van der Waals surface area contributed by atoms with Crippen LogP contribution in [0.1, 0.15) is 6.42 Å². The second-order valence-corrected chi connectivity index (χ2v) is 4.21. The maximum atomic E-state index is 3.78. The molecule has 0 spiro atoms. The van der Waals surface area contributed by atoms with Crippen molar-refractivity contribution in [2.24, 2.45) is 0 Å². The smallest absolute Gasteiger partial charge is 1.00 e. The Morgan fingerprint density at radius 1 is 1.09 bits per heavy atom. The third-order valence-electron chi connectivity index (χ3n) is 2.91. The van der Waals surface area contributed by atoms with Gasteiger partial charge < -0.3 is 29.4 Å². The first kappa shape index (κ1) is 20.7. The molecule has 0 amide bonds. The van der Waals surface area contributed by atoms with Crippen LogP contribution in [0.4, 0.5) is 0 Å². The molecule has 1 aromatic heterocycles. The van der Waals surface area contributed by atoms with Gasteiger partial charge in [0.15, 0.2) is 0 Å². The number of hydrogen-bond acceptors (Lipinski definition) is 2. The van der Waals surface area contributed by atoms with E-state index >= 15 is 0 Å². The van der Waals surface area contributed by atoms with Gasteiger partial charge in [-0.05, 0) is 5.69 Å². The van der Waals surface area contributed by atoms with Crippen molar-refractivity contribution in [3.63, 3.8) is 0 Å². The zero-order valence-corrected chi connectivity index (χ0v) is 14.7. The Bertz CT molecular complexity index is 675. The van der Waals surface area contributed by atoms with Crippen molar-refractivity contribution < 1.29 is 46.5 Å². The third kappa shape index (κ3) is 5.18. The van der Waals surface area contributed by atoms with Gasteiger partial charge in [-0.25, -0.2) is 12.2 Å². The number of halogens is 2. The Morgan fingerprint density at radius 3 is 2.36 bits per heavy atom. The summed E-state index contributed by atoms with van der Waals surface area (Å²) in [4.78, 5) is 0. The number of nitrogens with zero attached hydrogens (tertiary/aromatic N) is 3. The topological polar surface area (TPSA) is 30.7 Å². The molecular weight excluding hydrogens is 353 g/mol. The van der Waals surface area contributed by atoms with Crippen molar-refractivity contribution in [1.29, 1.82) is 0 Å². The van der Waals surface area contributed by atoms with Crippen LogP contribution in [0.25, 0.3) is 16.5 Å². The van der Waals surface area contributed by atoms with Crippen LogP contribution in [0.3, 0.4) is 0 Å². The van der Waals surface area contributed by atoms with E-state index in [4.69, 9.17) is 0 Å². The van der Waals surface area contributed by atoms with Gasteiger partial charge in [0.05, 0.1) is 0 Å². The van der Waals surface area contributed by atoms with E-state index in [0.717, 1.165) is 12.1 Å². The average molecular weight is 366 g/mol. The van der Waals surface area contributed by atoms with Crippen molar-refractivity contribution in [2.75, 3.05) is 0 Å². The van der Waals surface area contributed by atoms with Crippen LogP contribution < -0.4 is 24.8 Å². The molecule has 0 bridgehead atoms. The van der Waals surface area contributed by atoms with Gasteiger partial charge in [-0.3, -0.25) is 6.08 Å². The standard InChI is InChI=1S/C11H8N3.C5H5.2ClH.Ti/c1-2-4-10-6-11(5-9(10)3-1)14-7-12-13-8-14;1-2-4-5-3-1;;;/h1-8H;1-3H,4H2;2*1H;/q2*-1;;;+4/p-2. The molecule has 0 atom stereocenters. The van der Waals surface area contributed by atoms with E-state index in [0.29, 0.717) is 0 Å². The van der Waals surface area contributed by atoms with Crippen molar-refractivity contribution in [3.05, 3.63) is 73.4 Å². The predicted octanol–water partition coefficient (Wildman–Crippen LogP) is -2.55. The Kier molecular flexibility index (Phi) is 9.87. The zero-order valence-electron chi connectivity index (χ0n) is 11.7. The van der Waals surface area contributed by atoms with E-state index in [2.05, 4.69) is 46.6 Å². The number of hydrogen-bond donors (Lipinski definition) is 0. The summed E-state index contributed by atoms with van der Waals surface area (Å²) in [6.07, 6.45) is 13.4. The van der Waals surface area contributed by atoms with E-state index < -0.39 is 0 Å². The second kappa shape index (κ2) is 10.5. The molecule has 0 N–H and O–H groups in total. The quantitative estimate of drug-likeness (QED) is 0.351. The number of aromatic nitrogens is 3. The monoisotopic (exact) mass is 365 g/mol. The van der Waals surface area contributed by atoms with Crippen molar-refractivity contribution in [3.8, 4) is 5.69 Å². The zero-order chi connectivity index (χ0) is 12.9. The van der Waals surface area contributed by atoms with Crippen molar-refractivity contribution >= 4 is 10.8 Å². The second-order valence-electron chi connectivity index (χ2n) is 4.21. The van der Waals surface area contributed by atoms with Gasteiger partial charge in [0, 0.05) is 0 Å². The minimum Gasteiger partial charge on any atom is -1.00 e. The molecule has 3 nitrogen and oxygen atoms in total. The summed E-state index contributed by atoms with van der Waals surface area (Å²) in [6, 6.07) is 12.5. The Balaban J connectivity index is 0.000000482. The molecule has 0 unspecified atom stereocenters. The minimum atomic E-state index is 0. The van der Waals surface area contributed by atoms with Gasteiger partial charge in [0.1, 0.15) is 12.7 Å². The fourth-order valence-corrected chi connectivity index (χ4v) is 1.96. The number of allylic oxidation sites excluding steroid dienone is 4. The molecule has 0 aliphatic heterocycles. The molecule has 4 rings (SSSR count). The molecular formula is C16H13Cl2N3Ti. The molecule has 1 aliphatic rings. The summed E-state index contributed by atoms with van der Waals surface area (Å²) in [7, 11) is 0. The molecule has 22 heavy (non-hydrogen) atoms. The molecule has 0 saturated heterocycles. The molecule has 6 heteroatoms. The summed E-state index contributed by atoms with van der Waals surface area (Å²) in [6.45, 7) is 0. The van der Waals surface area contributed by atoms with Crippen LogP contribution in [0, 0.1) is 6.08 Å². The molecule has 1 aliphatic carbocycles. The first-order chi connectivity index (χ1) is 9.43. The summed E-state index contributed by atoms with van der Waals surface area (Å²) >= 11 is 0. The largest absolute Gasteiger partial charge is 4.00 e. The van der Waals surface area contributed by atoms with Gasteiger partial charge in [0.25, 0.3) is 0 Å². The summed E-state index contributed by atoms with van der Waals surface area (Å²) in [5, 5.41) is 10.1. The van der Waals surface area contributed by atoms with Gasteiger partial charge in [-0.1, -0.05) is 6.07 Å². The normalized spacial score (nSPS) is 10.9. The average Bonchev–Trinajstić information content (AvgIpc) is 3.20. The van der Waals surface area contributed by atoms with Crippen LogP contribution >= 0.6 is 0 Å². The summed E-state index contributed by atoms with van der Waals surface area (Å²) in [5.74, 6) is 0. The van der Waals surface area contributed by atoms with Crippen LogP contribution in [0.2, 0.25) is 0 Å². The molecule has 3 aromatic rings. The summed E-state index contributed by atoms with van der Waals surface area (Å²) < 4.78 is 1.90. The van der Waals surface area contributed by atoms with Gasteiger partial charge in [-0.15, -0.1) is 57.7 Å². The van der Waals surface area contributed by atoms with Gasteiger partial charge in [-0.2, -0.15) is 6.08 Å². The van der Waals surface area contributed by atoms with Crippen LogP contribution in [-0.4, -0.2) is 14.8 Å². The molecule has 0 saturated carbocycles. The van der Waals surface area contributed by atoms with Gasteiger partial charge in [0.2, 0.25) is 0 Å². The maximum Gasteiger partial charge on any atom is 4.00 e. The fraction of sp³-hybridized carbons (Fsp3) is 0.0625. The number of benzene rings is 1. The minimum absolute atomic E-state index is 0. The predicted molar refractivity (Wildman–Crippen MR) is 76.0 cm³/mol. The number of rotatable bonds is 1. The molecule has 110 valence electrons. The third-order valence-corrected chi connectivity index (χ3v) is 2.91. The van der Waals surface area contributed by atoms with Crippen molar-refractivity contribution in [1.82, 2.24) is 14.8 Å². The molecule has 1 heterocycles. The fourth-order valence-electron chi connectivity index (χ4n) is 1.96. The molecule has 2 aromatic carbocycles. The van der Waals surface area contributed by atoms with E-state index in [1.807, 2.05) is 28.9 Å². The first-order valence-corrected chi connectivity index (χ1v) is 6.16. The Hall–Kier alpha value is -1.26. The van der Waals surface area contributed by atoms with Crippen LogP contribution in [-0.2, 0) is 21.7 Å². The van der Waals surface area contributed by atoms with E-state index in [1.165, 1.54) is 10.8 Å². The van der Waals surface area contributed by atoms with Crippen molar-refractivity contribution in [2.45, 2.75) is 6.42 Å². The number of fused-ring (bicyclic) bond motifs is 1. The summed E-state index contributed by atoms with van der Waals surface area (Å²) in [5.41, 5.74) is 1.11. The first-order valence-electron chi connectivity index (χ1n) is 6.16. The molecule has 0 fully saturated rings. The van der Waals surface area contributed by atoms with E-state index in [1.54, 1.807) is 12.7 Å². The van der Waals surface area contributed by atoms with Crippen LogP contribution in [0.15, 0.2) is 67.3 Å². The Morgan fingerprint density at radius 2 is 1.82 bits per heavy atom. The van der Waals surface area contributed by atoms with E-state index in [-0.39, 0.29) is 46.5 Å². The maximum absolute atomic E-state index is 3.78. The van der Waals surface area contributed by atoms with E-state index in [9.17, 15) is 0 Å². The SMILES string of the molecule is [C-]1=CC=CC1.[Cl-].[Cl-].[Ti+4].c1ccc2[cH-]c(-n3cnnc3)cc2c1.